The maximum atomic E-state index is 12.3. The number of hydrogen-bond donors (Lipinski definition) is 2. The average molecular weight is 258 g/mol. The number of hydrogen-bond acceptors (Lipinski definition) is 1. The molecule has 0 aliphatic rings. The Morgan fingerprint density at radius 1 is 1.37 bits per heavy atom. The predicted octanol–water partition coefficient (Wildman–Crippen LogP) is 3.70. The van der Waals surface area contributed by atoms with E-state index in [1.54, 1.807) is 0 Å². The first-order valence-corrected chi connectivity index (χ1v) is 6.93. The third kappa shape index (κ3) is 2.65. The Morgan fingerprint density at radius 3 is 2.79 bits per heavy atom. The third-order valence-electron chi connectivity index (χ3n) is 3.69. The minimum absolute atomic E-state index is 0.00722. The van der Waals surface area contributed by atoms with E-state index in [0.29, 0.717) is 0 Å². The van der Waals surface area contributed by atoms with Gasteiger partial charge in [0.25, 0.3) is 5.91 Å². The van der Waals surface area contributed by atoms with Gasteiger partial charge in [0, 0.05) is 17.1 Å². The number of carbonyl (C=O) groups excluding carboxylic acids is 1. The van der Waals surface area contributed by atoms with E-state index < -0.39 is 0 Å². The maximum absolute atomic E-state index is 12.3. The number of H-pyrrole nitrogens is 1. The molecule has 0 aliphatic carbocycles. The van der Waals surface area contributed by atoms with Gasteiger partial charge in [-0.05, 0) is 38.8 Å². The van der Waals surface area contributed by atoms with Crippen LogP contribution in [0.15, 0.2) is 18.2 Å². The molecule has 0 radical (unpaired) electrons. The first-order valence-electron chi connectivity index (χ1n) is 6.93. The number of rotatable bonds is 4. The van der Waals surface area contributed by atoms with Gasteiger partial charge in [-0.25, -0.2) is 0 Å². The fraction of sp³-hybridized carbons (Fsp3) is 0.438. The van der Waals surface area contributed by atoms with Crippen LogP contribution >= 0.6 is 0 Å². The molecule has 2 N–H and O–H groups in total. The molecule has 0 fully saturated rings. The molecule has 19 heavy (non-hydrogen) atoms. The van der Waals surface area contributed by atoms with Gasteiger partial charge in [-0.2, -0.15) is 0 Å². The molecule has 102 valence electrons. The largest absolute Gasteiger partial charge is 0.358 e. The highest BCUT2D eigenvalue weighted by molar-refractivity contribution is 6.06. The van der Waals surface area contributed by atoms with E-state index in [-0.39, 0.29) is 11.9 Å². The molecule has 1 aromatic heterocycles. The summed E-state index contributed by atoms with van der Waals surface area (Å²) >= 11 is 0. The summed E-state index contributed by atoms with van der Waals surface area (Å²) in [6, 6.07) is 6.10. The van der Waals surface area contributed by atoms with Crippen LogP contribution in [-0.2, 0) is 0 Å². The number of aromatic amines is 1. The van der Waals surface area contributed by atoms with Crippen LogP contribution < -0.4 is 5.32 Å². The number of nitrogens with one attached hydrogen (secondary N) is 2. The molecule has 1 heterocycles. The van der Waals surface area contributed by atoms with Crippen LogP contribution in [0, 0.1) is 13.8 Å². The average Bonchev–Trinajstić information content (AvgIpc) is 2.65. The number of para-hydroxylation sites is 1. The fourth-order valence-corrected chi connectivity index (χ4v) is 2.48. The van der Waals surface area contributed by atoms with Crippen molar-refractivity contribution in [3.63, 3.8) is 0 Å². The van der Waals surface area contributed by atoms with E-state index in [4.69, 9.17) is 0 Å². The molecule has 0 bridgehead atoms. The van der Waals surface area contributed by atoms with Crippen LogP contribution in [0.2, 0.25) is 0 Å². The van der Waals surface area contributed by atoms with Crippen LogP contribution in [0.3, 0.4) is 0 Å². The first kappa shape index (κ1) is 13.7. The van der Waals surface area contributed by atoms with E-state index in [1.165, 1.54) is 5.56 Å². The lowest BCUT2D eigenvalue weighted by atomic mass is 10.1. The molecule has 1 amide bonds. The molecule has 1 atom stereocenters. The SMILES string of the molecule is CCC[C@H](C)NC(=O)c1cccc2c(C)c(C)[nH]c12. The number of fused-ring (bicyclic) bond motifs is 1. The topological polar surface area (TPSA) is 44.9 Å². The van der Waals surface area contributed by atoms with Crippen LogP contribution in [0.4, 0.5) is 0 Å². The molecule has 0 unspecified atom stereocenters. The highest BCUT2D eigenvalue weighted by Gasteiger charge is 2.15. The summed E-state index contributed by atoms with van der Waals surface area (Å²) in [7, 11) is 0. The number of aromatic nitrogens is 1. The fourth-order valence-electron chi connectivity index (χ4n) is 2.48. The monoisotopic (exact) mass is 258 g/mol. The van der Waals surface area contributed by atoms with Crippen molar-refractivity contribution in [3.8, 4) is 0 Å². The van der Waals surface area contributed by atoms with Gasteiger partial charge in [0.1, 0.15) is 0 Å². The van der Waals surface area contributed by atoms with Gasteiger partial charge in [-0.15, -0.1) is 0 Å². The van der Waals surface area contributed by atoms with Gasteiger partial charge in [0.15, 0.2) is 0 Å². The Kier molecular flexibility index (Phi) is 3.93. The number of aryl methyl sites for hydroxylation is 2. The van der Waals surface area contributed by atoms with Crippen LogP contribution in [0.5, 0.6) is 0 Å². The Hall–Kier alpha value is -1.77. The maximum Gasteiger partial charge on any atom is 0.253 e. The highest BCUT2D eigenvalue weighted by atomic mass is 16.1. The number of carbonyl (C=O) groups is 1. The van der Waals surface area contributed by atoms with Crippen molar-refractivity contribution in [2.24, 2.45) is 0 Å². The summed E-state index contributed by atoms with van der Waals surface area (Å²) in [5, 5.41) is 4.19. The Bertz CT molecular complexity index is 598. The van der Waals surface area contributed by atoms with Crippen LogP contribution in [0.1, 0.15) is 48.3 Å². The highest BCUT2D eigenvalue weighted by Crippen LogP contribution is 2.24. The zero-order chi connectivity index (χ0) is 14.0. The Labute approximate surface area is 114 Å². The van der Waals surface area contributed by atoms with Crippen molar-refractivity contribution in [3.05, 3.63) is 35.0 Å². The van der Waals surface area contributed by atoms with Gasteiger partial charge in [0.2, 0.25) is 0 Å². The van der Waals surface area contributed by atoms with E-state index in [0.717, 1.165) is 35.0 Å². The number of benzene rings is 1. The van der Waals surface area contributed by atoms with Crippen molar-refractivity contribution >= 4 is 16.8 Å². The third-order valence-corrected chi connectivity index (χ3v) is 3.69. The molecular weight excluding hydrogens is 236 g/mol. The van der Waals surface area contributed by atoms with Gasteiger partial charge in [-0.1, -0.05) is 25.5 Å². The van der Waals surface area contributed by atoms with Gasteiger partial charge in [-0.3, -0.25) is 4.79 Å². The molecule has 3 heteroatoms. The molecule has 0 saturated heterocycles. The first-order chi connectivity index (χ1) is 9.04. The molecule has 3 nitrogen and oxygen atoms in total. The number of amides is 1. The second kappa shape index (κ2) is 5.47. The molecule has 0 aliphatic heterocycles. The lowest BCUT2D eigenvalue weighted by Crippen LogP contribution is -2.32. The van der Waals surface area contributed by atoms with Crippen molar-refractivity contribution in [1.82, 2.24) is 10.3 Å². The summed E-state index contributed by atoms with van der Waals surface area (Å²) in [4.78, 5) is 15.7. The minimum Gasteiger partial charge on any atom is -0.358 e. The zero-order valence-corrected chi connectivity index (χ0v) is 12.1. The second-order valence-electron chi connectivity index (χ2n) is 5.27. The quantitative estimate of drug-likeness (QED) is 0.863. The lowest BCUT2D eigenvalue weighted by Gasteiger charge is -2.13. The zero-order valence-electron chi connectivity index (χ0n) is 12.1. The summed E-state index contributed by atoms with van der Waals surface area (Å²) in [5.74, 6) is 0.00722. The normalized spacial score (nSPS) is 12.6. The van der Waals surface area contributed by atoms with Crippen LogP contribution in [-0.4, -0.2) is 16.9 Å². The van der Waals surface area contributed by atoms with E-state index in [1.807, 2.05) is 26.0 Å². The standard InChI is InChI=1S/C16H22N2O/c1-5-7-10(2)17-16(19)14-9-6-8-13-11(3)12(4)18-15(13)14/h6,8-10,18H,5,7H2,1-4H3,(H,17,19)/t10-/m0/s1. The van der Waals surface area contributed by atoms with E-state index in [9.17, 15) is 4.79 Å². The van der Waals surface area contributed by atoms with Gasteiger partial charge in [0.05, 0.1) is 11.1 Å². The Morgan fingerprint density at radius 2 is 2.11 bits per heavy atom. The molecule has 2 rings (SSSR count). The van der Waals surface area contributed by atoms with Crippen LogP contribution in [0.25, 0.3) is 10.9 Å². The summed E-state index contributed by atoms with van der Waals surface area (Å²) in [6.45, 7) is 8.29. The van der Waals surface area contributed by atoms with Crippen molar-refractivity contribution in [2.45, 2.75) is 46.6 Å². The second-order valence-corrected chi connectivity index (χ2v) is 5.27. The summed E-state index contributed by atoms with van der Waals surface area (Å²) in [6.07, 6.45) is 2.08. The van der Waals surface area contributed by atoms with E-state index >= 15 is 0 Å². The molecular formula is C16H22N2O. The summed E-state index contributed by atoms with van der Waals surface area (Å²) < 4.78 is 0. The predicted molar refractivity (Wildman–Crippen MR) is 79.6 cm³/mol. The Balaban J connectivity index is 2.35. The van der Waals surface area contributed by atoms with E-state index in [2.05, 4.69) is 30.2 Å². The van der Waals surface area contributed by atoms with Crippen molar-refractivity contribution in [1.29, 1.82) is 0 Å². The molecule has 0 spiro atoms. The van der Waals surface area contributed by atoms with Crippen molar-refractivity contribution in [2.75, 3.05) is 0 Å². The molecule has 1 aromatic carbocycles. The van der Waals surface area contributed by atoms with Gasteiger partial charge < -0.3 is 10.3 Å². The smallest absolute Gasteiger partial charge is 0.253 e. The minimum atomic E-state index is 0.00722. The molecule has 2 aromatic rings. The van der Waals surface area contributed by atoms with Crippen molar-refractivity contribution < 1.29 is 4.79 Å². The molecule has 0 saturated carbocycles. The summed E-state index contributed by atoms with van der Waals surface area (Å²) in [5.41, 5.74) is 4.01. The van der Waals surface area contributed by atoms with Gasteiger partial charge >= 0.3 is 0 Å². The lowest BCUT2D eigenvalue weighted by molar-refractivity contribution is 0.0940.